The van der Waals surface area contributed by atoms with Gasteiger partial charge in [0, 0.05) is 5.56 Å². The Morgan fingerprint density at radius 2 is 1.75 bits per heavy atom. The largest absolute Gasteiger partial charge is 0.456 e. The first kappa shape index (κ1) is 13.2. The average molecular weight is 284 g/mol. The maximum Gasteiger partial charge on any atom is 0.416 e. The van der Waals surface area contributed by atoms with E-state index in [2.05, 4.69) is 0 Å². The lowest BCUT2D eigenvalue weighted by Gasteiger charge is -2.08. The first-order valence-corrected chi connectivity index (χ1v) is 6.04. The van der Waals surface area contributed by atoms with Crippen molar-refractivity contribution in [2.45, 2.75) is 12.5 Å². The highest BCUT2D eigenvalue weighted by Crippen LogP contribution is 2.34. The van der Waals surface area contributed by atoms with Crippen LogP contribution in [0.5, 0.6) is 0 Å². The van der Waals surface area contributed by atoms with Crippen LogP contribution < -0.4 is 0 Å². The second-order valence-electron chi connectivity index (χ2n) is 4.35. The summed E-state index contributed by atoms with van der Waals surface area (Å²) in [5, 5.41) is 0. The Hall–Kier alpha value is -1.79. The third kappa shape index (κ3) is 2.57. The van der Waals surface area contributed by atoms with E-state index in [0.29, 0.717) is 30.3 Å². The Kier molecular flexibility index (Phi) is 3.27. The van der Waals surface area contributed by atoms with E-state index in [0.717, 1.165) is 12.1 Å². The van der Waals surface area contributed by atoms with Crippen molar-refractivity contribution in [2.24, 2.45) is 0 Å². The van der Waals surface area contributed by atoms with Gasteiger partial charge in [0.1, 0.15) is 5.76 Å². The molecule has 0 atom stereocenters. The van der Waals surface area contributed by atoms with Crippen molar-refractivity contribution in [3.05, 3.63) is 47.7 Å². The van der Waals surface area contributed by atoms with Gasteiger partial charge in [0.05, 0.1) is 18.8 Å². The standard InChI is InChI=1S/C14H11F3O3/c15-14(16,17)10-3-1-2-9(8-10)11-4-5-12(20-11)13-18-6-7-19-13/h1-5,8,13H,6-7H2. The molecule has 0 saturated carbocycles. The summed E-state index contributed by atoms with van der Waals surface area (Å²) in [6, 6.07) is 8.24. The summed E-state index contributed by atoms with van der Waals surface area (Å²) >= 11 is 0. The number of hydrogen-bond acceptors (Lipinski definition) is 3. The molecule has 2 aromatic rings. The van der Waals surface area contributed by atoms with Crippen LogP contribution in [0.2, 0.25) is 0 Å². The summed E-state index contributed by atoms with van der Waals surface area (Å²) in [6.07, 6.45) is -4.95. The minimum absolute atomic E-state index is 0.352. The molecular weight excluding hydrogens is 273 g/mol. The number of ether oxygens (including phenoxy) is 2. The third-order valence-electron chi connectivity index (χ3n) is 2.96. The highest BCUT2D eigenvalue weighted by molar-refractivity contribution is 5.59. The second kappa shape index (κ2) is 4.96. The van der Waals surface area contributed by atoms with Crippen LogP contribution in [0.25, 0.3) is 11.3 Å². The molecule has 0 bridgehead atoms. The molecule has 0 spiro atoms. The Bertz CT molecular complexity index is 598. The van der Waals surface area contributed by atoms with Crippen molar-refractivity contribution in [2.75, 3.05) is 13.2 Å². The van der Waals surface area contributed by atoms with E-state index >= 15 is 0 Å². The molecule has 1 aliphatic rings. The molecule has 0 N–H and O–H groups in total. The van der Waals surface area contributed by atoms with Crippen LogP contribution in [-0.4, -0.2) is 13.2 Å². The number of furan rings is 1. The van der Waals surface area contributed by atoms with Crippen molar-refractivity contribution in [1.82, 2.24) is 0 Å². The zero-order chi connectivity index (χ0) is 14.2. The Balaban J connectivity index is 1.89. The van der Waals surface area contributed by atoms with Crippen LogP contribution in [0.4, 0.5) is 13.2 Å². The topological polar surface area (TPSA) is 31.6 Å². The smallest absolute Gasteiger partial charge is 0.416 e. The maximum atomic E-state index is 12.7. The number of hydrogen-bond donors (Lipinski definition) is 0. The van der Waals surface area contributed by atoms with Crippen molar-refractivity contribution >= 4 is 0 Å². The van der Waals surface area contributed by atoms with E-state index in [9.17, 15) is 13.2 Å². The van der Waals surface area contributed by atoms with Crippen LogP contribution >= 0.6 is 0 Å². The van der Waals surface area contributed by atoms with Gasteiger partial charge < -0.3 is 13.9 Å². The van der Waals surface area contributed by atoms with Gasteiger partial charge in [0.15, 0.2) is 5.76 Å². The Morgan fingerprint density at radius 3 is 2.45 bits per heavy atom. The molecular formula is C14H11F3O3. The SMILES string of the molecule is FC(F)(F)c1cccc(-c2ccc(C3OCCO3)o2)c1. The molecule has 3 rings (SSSR count). The molecule has 1 saturated heterocycles. The summed E-state index contributed by atoms with van der Waals surface area (Å²) in [5.41, 5.74) is -0.342. The Labute approximate surface area is 112 Å². The summed E-state index contributed by atoms with van der Waals surface area (Å²) in [6.45, 7) is 0.953. The van der Waals surface area contributed by atoms with Gasteiger partial charge in [-0.1, -0.05) is 12.1 Å². The molecule has 1 aromatic carbocycles. The summed E-state index contributed by atoms with van der Waals surface area (Å²) < 4.78 is 54.0. The Morgan fingerprint density at radius 1 is 1.00 bits per heavy atom. The van der Waals surface area contributed by atoms with Gasteiger partial charge in [-0.3, -0.25) is 0 Å². The van der Waals surface area contributed by atoms with Crippen LogP contribution in [0, 0.1) is 0 Å². The lowest BCUT2D eigenvalue weighted by Crippen LogP contribution is -2.04. The van der Waals surface area contributed by atoms with E-state index in [-0.39, 0.29) is 0 Å². The van der Waals surface area contributed by atoms with E-state index in [1.807, 2.05) is 0 Å². The molecule has 3 nitrogen and oxygen atoms in total. The van der Waals surface area contributed by atoms with Gasteiger partial charge in [0.2, 0.25) is 6.29 Å². The third-order valence-corrected chi connectivity index (χ3v) is 2.96. The highest BCUT2D eigenvalue weighted by atomic mass is 19.4. The molecule has 2 heterocycles. The zero-order valence-corrected chi connectivity index (χ0v) is 10.3. The lowest BCUT2D eigenvalue weighted by atomic mass is 10.1. The predicted octanol–water partition coefficient (Wildman–Crippen LogP) is 4.01. The summed E-state index contributed by atoms with van der Waals surface area (Å²) in [4.78, 5) is 0. The van der Waals surface area contributed by atoms with E-state index < -0.39 is 18.0 Å². The summed E-state index contributed by atoms with van der Waals surface area (Å²) in [7, 11) is 0. The maximum absolute atomic E-state index is 12.7. The molecule has 1 aromatic heterocycles. The van der Waals surface area contributed by atoms with Gasteiger partial charge in [-0.05, 0) is 24.3 Å². The van der Waals surface area contributed by atoms with Gasteiger partial charge in [0.25, 0.3) is 0 Å². The fraction of sp³-hybridized carbons (Fsp3) is 0.286. The molecule has 20 heavy (non-hydrogen) atoms. The molecule has 0 aliphatic carbocycles. The van der Waals surface area contributed by atoms with Crippen molar-refractivity contribution in [3.8, 4) is 11.3 Å². The quantitative estimate of drug-likeness (QED) is 0.835. The molecule has 0 unspecified atom stereocenters. The molecule has 0 radical (unpaired) electrons. The second-order valence-corrected chi connectivity index (χ2v) is 4.35. The minimum Gasteiger partial charge on any atom is -0.456 e. The number of halogens is 3. The molecule has 1 aliphatic heterocycles. The fourth-order valence-electron chi connectivity index (χ4n) is 2.01. The average Bonchev–Trinajstić information content (AvgIpc) is 3.09. The predicted molar refractivity (Wildman–Crippen MR) is 63.8 cm³/mol. The first-order valence-electron chi connectivity index (χ1n) is 6.04. The van der Waals surface area contributed by atoms with Crippen molar-refractivity contribution in [3.63, 3.8) is 0 Å². The summed E-state index contributed by atoms with van der Waals surface area (Å²) in [5.74, 6) is 0.806. The van der Waals surface area contributed by atoms with Crippen LogP contribution in [0.3, 0.4) is 0 Å². The molecule has 1 fully saturated rings. The number of benzene rings is 1. The number of rotatable bonds is 2. The normalized spacial score (nSPS) is 16.8. The van der Waals surface area contributed by atoms with Gasteiger partial charge in [-0.2, -0.15) is 13.2 Å². The monoisotopic (exact) mass is 284 g/mol. The van der Waals surface area contributed by atoms with Gasteiger partial charge in [-0.25, -0.2) is 0 Å². The van der Waals surface area contributed by atoms with Crippen molar-refractivity contribution in [1.29, 1.82) is 0 Å². The van der Waals surface area contributed by atoms with Crippen LogP contribution in [-0.2, 0) is 15.7 Å². The molecule has 0 amide bonds. The van der Waals surface area contributed by atoms with Gasteiger partial charge in [-0.15, -0.1) is 0 Å². The zero-order valence-electron chi connectivity index (χ0n) is 10.3. The van der Waals surface area contributed by atoms with Crippen molar-refractivity contribution < 1.29 is 27.1 Å². The van der Waals surface area contributed by atoms with E-state index in [4.69, 9.17) is 13.9 Å². The lowest BCUT2D eigenvalue weighted by molar-refractivity contribution is -0.137. The number of alkyl halides is 3. The van der Waals surface area contributed by atoms with Gasteiger partial charge >= 0.3 is 6.18 Å². The van der Waals surface area contributed by atoms with E-state index in [1.165, 1.54) is 6.07 Å². The minimum atomic E-state index is -4.37. The van der Waals surface area contributed by atoms with Crippen LogP contribution in [0.15, 0.2) is 40.8 Å². The fourth-order valence-corrected chi connectivity index (χ4v) is 2.01. The molecule has 106 valence electrons. The molecule has 6 heteroatoms. The van der Waals surface area contributed by atoms with E-state index in [1.54, 1.807) is 18.2 Å². The van der Waals surface area contributed by atoms with Crippen LogP contribution in [0.1, 0.15) is 17.6 Å². The first-order chi connectivity index (χ1) is 9.54. The highest BCUT2D eigenvalue weighted by Gasteiger charge is 2.30.